The van der Waals surface area contributed by atoms with Gasteiger partial charge >= 0.3 is 0 Å². The van der Waals surface area contributed by atoms with Gasteiger partial charge in [-0.3, -0.25) is 0 Å². The standard InChI is InChI=1S/C13H20N6O2S/c1-22(20,21)19-7-3-2-4-10(19)5-6-12-15-8-11-13(17-12)18(14)9-16-11/h8-10H,2-7,14H2,1H3. The van der Waals surface area contributed by atoms with E-state index in [1.807, 2.05) is 0 Å². The monoisotopic (exact) mass is 324 g/mol. The molecule has 9 heteroatoms. The van der Waals surface area contributed by atoms with Crippen molar-refractivity contribution < 1.29 is 8.42 Å². The summed E-state index contributed by atoms with van der Waals surface area (Å²) in [4.78, 5) is 12.8. The summed E-state index contributed by atoms with van der Waals surface area (Å²) in [7, 11) is -3.15. The van der Waals surface area contributed by atoms with Crippen molar-refractivity contribution in [1.82, 2.24) is 23.9 Å². The number of rotatable bonds is 4. The van der Waals surface area contributed by atoms with E-state index >= 15 is 0 Å². The second-order valence-electron chi connectivity index (χ2n) is 5.71. The lowest BCUT2D eigenvalue weighted by Crippen LogP contribution is -2.43. The van der Waals surface area contributed by atoms with Crippen LogP contribution in [0.1, 0.15) is 31.5 Å². The van der Waals surface area contributed by atoms with E-state index in [4.69, 9.17) is 5.84 Å². The van der Waals surface area contributed by atoms with Gasteiger partial charge < -0.3 is 5.84 Å². The quantitative estimate of drug-likeness (QED) is 0.810. The minimum atomic E-state index is -3.15. The summed E-state index contributed by atoms with van der Waals surface area (Å²) in [5.41, 5.74) is 1.25. The number of hydrogen-bond acceptors (Lipinski definition) is 6. The van der Waals surface area contributed by atoms with Crippen molar-refractivity contribution in [3.05, 3.63) is 18.3 Å². The third-order valence-electron chi connectivity index (χ3n) is 4.07. The SMILES string of the molecule is CS(=O)(=O)N1CCCCC1CCc1ncc2ncn(N)c2n1. The molecule has 120 valence electrons. The van der Waals surface area contributed by atoms with Crippen LogP contribution in [-0.2, 0) is 16.4 Å². The molecule has 1 aliphatic rings. The van der Waals surface area contributed by atoms with Gasteiger partial charge in [-0.05, 0) is 19.3 Å². The van der Waals surface area contributed by atoms with Gasteiger partial charge in [0.15, 0.2) is 5.65 Å². The maximum absolute atomic E-state index is 11.9. The Morgan fingerprint density at radius 1 is 1.36 bits per heavy atom. The Balaban J connectivity index is 1.73. The fraction of sp³-hybridized carbons (Fsp3) is 0.615. The molecule has 1 fully saturated rings. The average Bonchev–Trinajstić information content (AvgIpc) is 2.86. The third-order valence-corrected chi connectivity index (χ3v) is 5.40. The molecule has 1 atom stereocenters. The number of nitrogens with zero attached hydrogens (tertiary/aromatic N) is 5. The van der Waals surface area contributed by atoms with Gasteiger partial charge in [-0.25, -0.2) is 28.0 Å². The van der Waals surface area contributed by atoms with E-state index in [1.165, 1.54) is 17.3 Å². The van der Waals surface area contributed by atoms with Gasteiger partial charge in [-0.1, -0.05) is 6.42 Å². The van der Waals surface area contributed by atoms with E-state index < -0.39 is 10.0 Å². The molecule has 8 nitrogen and oxygen atoms in total. The lowest BCUT2D eigenvalue weighted by Gasteiger charge is -2.33. The average molecular weight is 324 g/mol. The maximum atomic E-state index is 11.9. The molecule has 2 N–H and O–H groups in total. The van der Waals surface area contributed by atoms with E-state index in [-0.39, 0.29) is 6.04 Å². The zero-order valence-corrected chi connectivity index (χ0v) is 13.3. The zero-order valence-electron chi connectivity index (χ0n) is 12.5. The molecule has 3 heterocycles. The minimum Gasteiger partial charge on any atom is -0.336 e. The number of sulfonamides is 1. The predicted molar refractivity (Wildman–Crippen MR) is 83.0 cm³/mol. The summed E-state index contributed by atoms with van der Waals surface area (Å²) in [6.45, 7) is 0.610. The highest BCUT2D eigenvalue weighted by Crippen LogP contribution is 2.23. The van der Waals surface area contributed by atoms with Crippen LogP contribution in [0.15, 0.2) is 12.5 Å². The summed E-state index contributed by atoms with van der Waals surface area (Å²) in [6, 6.07) is 0.0332. The molecule has 3 rings (SSSR count). The van der Waals surface area contributed by atoms with E-state index in [0.29, 0.717) is 30.0 Å². The van der Waals surface area contributed by atoms with Crippen molar-refractivity contribution in [2.45, 2.75) is 38.1 Å². The van der Waals surface area contributed by atoms with E-state index in [9.17, 15) is 8.42 Å². The minimum absolute atomic E-state index is 0.0332. The fourth-order valence-corrected chi connectivity index (χ4v) is 4.19. The summed E-state index contributed by atoms with van der Waals surface area (Å²) in [5, 5.41) is 0. The van der Waals surface area contributed by atoms with Crippen molar-refractivity contribution in [3.63, 3.8) is 0 Å². The van der Waals surface area contributed by atoms with Crippen LogP contribution in [0.4, 0.5) is 0 Å². The molecule has 0 spiro atoms. The van der Waals surface area contributed by atoms with Gasteiger partial charge in [-0.2, -0.15) is 4.31 Å². The molecular weight excluding hydrogens is 304 g/mol. The van der Waals surface area contributed by atoms with Crippen molar-refractivity contribution >= 4 is 21.2 Å². The summed E-state index contributed by atoms with van der Waals surface area (Å²) in [5.74, 6) is 6.41. The predicted octanol–water partition coefficient (Wildman–Crippen LogP) is 0.287. The first-order valence-electron chi connectivity index (χ1n) is 7.36. The number of hydrogen-bond donors (Lipinski definition) is 1. The third kappa shape index (κ3) is 3.05. The largest absolute Gasteiger partial charge is 0.336 e. The highest BCUT2D eigenvalue weighted by atomic mass is 32.2. The number of aryl methyl sites for hydroxylation is 1. The van der Waals surface area contributed by atoms with Crippen LogP contribution in [-0.4, -0.2) is 51.2 Å². The van der Waals surface area contributed by atoms with Crippen molar-refractivity contribution in [2.75, 3.05) is 18.6 Å². The number of aromatic nitrogens is 4. The van der Waals surface area contributed by atoms with Crippen molar-refractivity contribution in [1.29, 1.82) is 0 Å². The Labute approximate surface area is 129 Å². The molecule has 0 aliphatic carbocycles. The Morgan fingerprint density at radius 3 is 2.95 bits per heavy atom. The maximum Gasteiger partial charge on any atom is 0.211 e. The van der Waals surface area contributed by atoms with Gasteiger partial charge in [0.25, 0.3) is 0 Å². The smallest absolute Gasteiger partial charge is 0.211 e. The molecule has 2 aromatic heterocycles. The number of nitrogen functional groups attached to an aromatic ring is 1. The Kier molecular flexibility index (Phi) is 4.00. The van der Waals surface area contributed by atoms with E-state index in [1.54, 1.807) is 10.5 Å². The van der Waals surface area contributed by atoms with Gasteiger partial charge in [0.05, 0.1) is 12.5 Å². The van der Waals surface area contributed by atoms with E-state index in [2.05, 4.69) is 15.0 Å². The first-order valence-corrected chi connectivity index (χ1v) is 9.21. The normalized spacial score (nSPS) is 20.5. The molecule has 1 saturated heterocycles. The summed E-state index contributed by atoms with van der Waals surface area (Å²) < 4.78 is 26.7. The van der Waals surface area contributed by atoms with Crippen LogP contribution < -0.4 is 5.84 Å². The van der Waals surface area contributed by atoms with Crippen LogP contribution in [0.2, 0.25) is 0 Å². The zero-order chi connectivity index (χ0) is 15.7. The molecule has 0 aromatic carbocycles. The molecule has 2 aromatic rings. The van der Waals surface area contributed by atoms with Crippen LogP contribution in [0, 0.1) is 0 Å². The number of imidazole rings is 1. The molecule has 0 amide bonds. The van der Waals surface area contributed by atoms with Gasteiger partial charge in [0.2, 0.25) is 10.0 Å². The Bertz CT molecular complexity index is 772. The first kappa shape index (κ1) is 15.2. The fourth-order valence-electron chi connectivity index (χ4n) is 2.98. The second kappa shape index (κ2) is 5.81. The van der Waals surface area contributed by atoms with Crippen LogP contribution in [0.5, 0.6) is 0 Å². The van der Waals surface area contributed by atoms with Gasteiger partial charge in [0, 0.05) is 19.0 Å². The highest BCUT2D eigenvalue weighted by Gasteiger charge is 2.29. The van der Waals surface area contributed by atoms with Gasteiger partial charge in [0.1, 0.15) is 17.7 Å². The number of nitrogens with two attached hydrogens (primary N) is 1. The number of piperidine rings is 1. The topological polar surface area (TPSA) is 107 Å². The Hall–Kier alpha value is -1.74. The molecule has 1 unspecified atom stereocenters. The number of fused-ring (bicyclic) bond motifs is 1. The van der Waals surface area contributed by atoms with Crippen molar-refractivity contribution in [3.8, 4) is 0 Å². The van der Waals surface area contributed by atoms with E-state index in [0.717, 1.165) is 25.7 Å². The molecule has 0 saturated carbocycles. The van der Waals surface area contributed by atoms with Crippen molar-refractivity contribution in [2.24, 2.45) is 0 Å². The second-order valence-corrected chi connectivity index (χ2v) is 7.64. The first-order chi connectivity index (χ1) is 10.4. The molecule has 1 aliphatic heterocycles. The molecule has 0 radical (unpaired) electrons. The molecule has 22 heavy (non-hydrogen) atoms. The lowest BCUT2D eigenvalue weighted by molar-refractivity contribution is 0.241. The Morgan fingerprint density at radius 2 is 2.18 bits per heavy atom. The molecule has 0 bridgehead atoms. The summed E-state index contributed by atoms with van der Waals surface area (Å²) >= 11 is 0. The lowest BCUT2D eigenvalue weighted by atomic mass is 10.0. The summed E-state index contributed by atoms with van der Waals surface area (Å²) in [6.07, 6.45) is 8.65. The van der Waals surface area contributed by atoms with Crippen LogP contribution in [0.25, 0.3) is 11.2 Å². The molecular formula is C13H20N6O2S. The van der Waals surface area contributed by atoms with Crippen LogP contribution in [0.3, 0.4) is 0 Å². The highest BCUT2D eigenvalue weighted by molar-refractivity contribution is 7.88. The van der Waals surface area contributed by atoms with Gasteiger partial charge in [-0.15, -0.1) is 0 Å². The van der Waals surface area contributed by atoms with Crippen LogP contribution >= 0.6 is 0 Å².